The lowest BCUT2D eigenvalue weighted by molar-refractivity contribution is 0.627. The first-order valence-corrected chi connectivity index (χ1v) is 8.42. The van der Waals surface area contributed by atoms with Gasteiger partial charge in [0.2, 0.25) is 0 Å². The molecule has 2 aromatic rings. The van der Waals surface area contributed by atoms with E-state index in [1.807, 2.05) is 6.07 Å². The largest absolute Gasteiger partial charge is 0.326 e. The van der Waals surface area contributed by atoms with Gasteiger partial charge in [0.05, 0.1) is 0 Å². The van der Waals surface area contributed by atoms with Crippen molar-refractivity contribution in [3.8, 4) is 0 Å². The third-order valence-corrected chi connectivity index (χ3v) is 4.83. The summed E-state index contributed by atoms with van der Waals surface area (Å²) in [5, 5.41) is 0. The van der Waals surface area contributed by atoms with Crippen LogP contribution in [0, 0.1) is 5.82 Å². The summed E-state index contributed by atoms with van der Waals surface area (Å²) in [5.74, 6) is -0.219. The number of allylic oxidation sites excluding steroid dienone is 2. The second-order valence-electron chi connectivity index (χ2n) is 5.33. The fraction of sp³-hybridized carbons (Fsp3) is 0.158. The molecule has 2 N–H and O–H groups in total. The van der Waals surface area contributed by atoms with Crippen molar-refractivity contribution in [3.05, 3.63) is 70.5 Å². The maximum absolute atomic E-state index is 13.6. The lowest BCUT2D eigenvalue weighted by atomic mass is 10.0. The van der Waals surface area contributed by atoms with Crippen LogP contribution in [0.15, 0.2) is 52.9 Å². The molecular weight excluding hydrogens is 293 g/mol. The van der Waals surface area contributed by atoms with Gasteiger partial charge in [0.1, 0.15) is 5.82 Å². The molecule has 0 atom stereocenters. The van der Waals surface area contributed by atoms with Gasteiger partial charge in [0, 0.05) is 11.4 Å². The van der Waals surface area contributed by atoms with Crippen molar-refractivity contribution >= 4 is 29.0 Å². The minimum absolute atomic E-state index is 0.219. The van der Waals surface area contributed by atoms with Gasteiger partial charge in [-0.25, -0.2) is 4.39 Å². The standard InChI is InChI=1S/C19H18FNS/c1-12-17(9-13-3-6-15(22-2)7-4-13)16-8-5-14(20)10-18(16)19(12)11-21/h3-10H,11,21H2,1-2H3/b17-9-. The predicted molar refractivity (Wildman–Crippen MR) is 94.1 cm³/mol. The number of benzene rings is 2. The highest BCUT2D eigenvalue weighted by atomic mass is 32.2. The van der Waals surface area contributed by atoms with Gasteiger partial charge in [-0.3, -0.25) is 0 Å². The van der Waals surface area contributed by atoms with Gasteiger partial charge in [-0.1, -0.05) is 18.2 Å². The summed E-state index contributed by atoms with van der Waals surface area (Å²) in [6.07, 6.45) is 4.22. The van der Waals surface area contributed by atoms with Gasteiger partial charge >= 0.3 is 0 Å². The molecule has 1 aliphatic rings. The van der Waals surface area contributed by atoms with Crippen LogP contribution in [-0.2, 0) is 0 Å². The van der Waals surface area contributed by atoms with Gasteiger partial charge in [0.25, 0.3) is 0 Å². The summed E-state index contributed by atoms with van der Waals surface area (Å²) in [6.45, 7) is 2.48. The van der Waals surface area contributed by atoms with E-state index in [-0.39, 0.29) is 5.82 Å². The minimum atomic E-state index is -0.219. The second-order valence-corrected chi connectivity index (χ2v) is 6.21. The molecule has 3 heteroatoms. The molecule has 112 valence electrons. The van der Waals surface area contributed by atoms with E-state index in [4.69, 9.17) is 5.73 Å². The van der Waals surface area contributed by atoms with Crippen molar-refractivity contribution < 1.29 is 4.39 Å². The molecule has 22 heavy (non-hydrogen) atoms. The number of fused-ring (bicyclic) bond motifs is 1. The first kappa shape index (κ1) is 15.1. The monoisotopic (exact) mass is 311 g/mol. The summed E-state index contributed by atoms with van der Waals surface area (Å²) in [5.41, 5.74) is 12.3. The molecule has 0 amide bonds. The minimum Gasteiger partial charge on any atom is -0.326 e. The molecule has 1 nitrogen and oxygen atoms in total. The summed E-state index contributed by atoms with van der Waals surface area (Å²) in [7, 11) is 0. The smallest absolute Gasteiger partial charge is 0.123 e. The lowest BCUT2D eigenvalue weighted by Crippen LogP contribution is -2.02. The molecule has 0 saturated heterocycles. The van der Waals surface area contributed by atoms with Crippen molar-refractivity contribution in [3.63, 3.8) is 0 Å². The van der Waals surface area contributed by atoms with E-state index in [1.54, 1.807) is 17.8 Å². The topological polar surface area (TPSA) is 26.0 Å². The highest BCUT2D eigenvalue weighted by Crippen LogP contribution is 2.41. The first-order chi connectivity index (χ1) is 10.6. The van der Waals surface area contributed by atoms with Crippen LogP contribution >= 0.6 is 11.8 Å². The van der Waals surface area contributed by atoms with Crippen molar-refractivity contribution in [2.24, 2.45) is 5.73 Å². The van der Waals surface area contributed by atoms with Crippen molar-refractivity contribution in [1.82, 2.24) is 0 Å². The van der Waals surface area contributed by atoms with Gasteiger partial charge in [-0.2, -0.15) is 0 Å². The Hall–Kier alpha value is -1.84. The van der Waals surface area contributed by atoms with Crippen LogP contribution in [0.2, 0.25) is 0 Å². The van der Waals surface area contributed by atoms with E-state index in [0.717, 1.165) is 33.4 Å². The second kappa shape index (κ2) is 6.11. The maximum Gasteiger partial charge on any atom is 0.123 e. The van der Waals surface area contributed by atoms with Crippen molar-refractivity contribution in [1.29, 1.82) is 0 Å². The SMILES string of the molecule is CSc1ccc(/C=C2/C(C)=C(CN)c3cc(F)ccc32)cc1. The third kappa shape index (κ3) is 2.62. The molecule has 0 aromatic heterocycles. The number of rotatable bonds is 3. The van der Waals surface area contributed by atoms with Gasteiger partial charge in [-0.15, -0.1) is 11.8 Å². The Morgan fingerprint density at radius 1 is 1.09 bits per heavy atom. The maximum atomic E-state index is 13.6. The summed E-state index contributed by atoms with van der Waals surface area (Å²) < 4.78 is 13.6. The third-order valence-electron chi connectivity index (χ3n) is 4.08. The summed E-state index contributed by atoms with van der Waals surface area (Å²) in [4.78, 5) is 1.24. The van der Waals surface area contributed by atoms with Gasteiger partial charge in [-0.05, 0) is 76.9 Å². The van der Waals surface area contributed by atoms with Crippen LogP contribution in [0.1, 0.15) is 23.6 Å². The van der Waals surface area contributed by atoms with Crippen LogP contribution in [0.4, 0.5) is 4.39 Å². The molecule has 0 unspecified atom stereocenters. The Labute approximate surface area is 134 Å². The van der Waals surface area contributed by atoms with E-state index in [2.05, 4.69) is 43.5 Å². The average Bonchev–Trinajstić information content (AvgIpc) is 2.79. The molecule has 1 aliphatic carbocycles. The van der Waals surface area contributed by atoms with Crippen molar-refractivity contribution in [2.45, 2.75) is 11.8 Å². The molecule has 0 fully saturated rings. The van der Waals surface area contributed by atoms with Crippen LogP contribution in [0.3, 0.4) is 0 Å². The average molecular weight is 311 g/mol. The fourth-order valence-corrected chi connectivity index (χ4v) is 3.29. The lowest BCUT2D eigenvalue weighted by Gasteiger charge is -2.05. The van der Waals surface area contributed by atoms with Gasteiger partial charge in [0.15, 0.2) is 0 Å². The molecule has 0 bridgehead atoms. The Morgan fingerprint density at radius 3 is 2.45 bits per heavy atom. The fourth-order valence-electron chi connectivity index (χ4n) is 2.88. The first-order valence-electron chi connectivity index (χ1n) is 7.20. The zero-order chi connectivity index (χ0) is 15.7. The van der Waals surface area contributed by atoms with Crippen LogP contribution in [0.5, 0.6) is 0 Å². The van der Waals surface area contributed by atoms with Crippen molar-refractivity contribution in [2.75, 3.05) is 12.8 Å². The van der Waals surface area contributed by atoms with Crippen LogP contribution in [-0.4, -0.2) is 12.8 Å². The molecule has 0 saturated carbocycles. The molecule has 0 heterocycles. The van der Waals surface area contributed by atoms with E-state index in [1.165, 1.54) is 11.0 Å². The normalized spacial score (nSPS) is 15.5. The Morgan fingerprint density at radius 2 is 1.82 bits per heavy atom. The molecule has 0 aliphatic heterocycles. The van der Waals surface area contributed by atoms with Gasteiger partial charge < -0.3 is 5.73 Å². The Kier molecular flexibility index (Phi) is 4.19. The zero-order valence-electron chi connectivity index (χ0n) is 12.7. The summed E-state index contributed by atoms with van der Waals surface area (Å²) >= 11 is 1.73. The summed E-state index contributed by atoms with van der Waals surface area (Å²) in [6, 6.07) is 13.4. The quantitative estimate of drug-likeness (QED) is 0.821. The van der Waals surface area contributed by atoms with E-state index in [9.17, 15) is 4.39 Å². The molecule has 3 rings (SSSR count). The highest BCUT2D eigenvalue weighted by molar-refractivity contribution is 7.98. The number of thioether (sulfide) groups is 1. The highest BCUT2D eigenvalue weighted by Gasteiger charge is 2.23. The number of hydrogen-bond acceptors (Lipinski definition) is 2. The van der Waals surface area contributed by atoms with E-state index < -0.39 is 0 Å². The molecule has 2 aromatic carbocycles. The number of halogens is 1. The Bertz CT molecular complexity index is 773. The zero-order valence-corrected chi connectivity index (χ0v) is 13.5. The number of hydrogen-bond donors (Lipinski definition) is 1. The number of nitrogens with two attached hydrogens (primary N) is 1. The Balaban J connectivity index is 2.10. The molecule has 0 spiro atoms. The predicted octanol–water partition coefficient (Wildman–Crippen LogP) is 4.83. The van der Waals surface area contributed by atoms with E-state index in [0.29, 0.717) is 6.54 Å². The molecule has 0 radical (unpaired) electrons. The van der Waals surface area contributed by atoms with Crippen LogP contribution < -0.4 is 5.73 Å². The van der Waals surface area contributed by atoms with Crippen LogP contribution in [0.25, 0.3) is 17.2 Å². The van der Waals surface area contributed by atoms with E-state index >= 15 is 0 Å². The molecular formula is C19H18FNS.